The van der Waals surface area contributed by atoms with Crippen LogP contribution in [0.2, 0.25) is 0 Å². The first kappa shape index (κ1) is 14.1. The number of rotatable bonds is 4. The molecule has 1 aromatic carbocycles. The molecular formula is C14H15NO3. The molecule has 0 saturated carbocycles. The lowest BCUT2D eigenvalue weighted by Crippen LogP contribution is -2.14. The Labute approximate surface area is 107 Å². The summed E-state index contributed by atoms with van der Waals surface area (Å²) >= 11 is 0. The highest BCUT2D eigenvalue weighted by molar-refractivity contribution is 5.50. The quantitative estimate of drug-likeness (QED) is 0.651. The average molecular weight is 245 g/mol. The Balaban J connectivity index is 2.92. The van der Waals surface area contributed by atoms with Crippen LogP contribution < -0.4 is 0 Å². The second kappa shape index (κ2) is 7.34. The van der Waals surface area contributed by atoms with Crippen LogP contribution in [0, 0.1) is 23.2 Å². The van der Waals surface area contributed by atoms with Gasteiger partial charge in [-0.1, -0.05) is 5.92 Å². The minimum Gasteiger partial charge on any atom is -0.507 e. The van der Waals surface area contributed by atoms with Gasteiger partial charge in [-0.3, -0.25) is 0 Å². The molecule has 0 atom stereocenters. The molecule has 0 aliphatic carbocycles. The molecule has 0 unspecified atom stereocenters. The van der Waals surface area contributed by atoms with Gasteiger partial charge in [-0.15, -0.1) is 0 Å². The van der Waals surface area contributed by atoms with E-state index in [1.54, 1.807) is 0 Å². The molecule has 4 heteroatoms. The lowest BCUT2D eigenvalue weighted by Gasteiger charge is -2.09. The van der Waals surface area contributed by atoms with Gasteiger partial charge in [-0.25, -0.2) is 0 Å². The fourth-order valence-electron chi connectivity index (χ4n) is 1.28. The maximum absolute atomic E-state index is 9.61. The van der Waals surface area contributed by atoms with E-state index >= 15 is 0 Å². The SMILES string of the molecule is CCOC(C#Cc1cc(C#N)ccc1O)OCC. The fourth-order valence-corrected chi connectivity index (χ4v) is 1.28. The summed E-state index contributed by atoms with van der Waals surface area (Å²) in [6, 6.07) is 6.49. The Morgan fingerprint density at radius 3 is 2.50 bits per heavy atom. The van der Waals surface area contributed by atoms with Crippen LogP contribution in [0.25, 0.3) is 0 Å². The Bertz CT molecular complexity index is 488. The number of phenolic OH excluding ortho intramolecular Hbond substituents is 1. The van der Waals surface area contributed by atoms with Gasteiger partial charge in [0.25, 0.3) is 0 Å². The van der Waals surface area contributed by atoms with E-state index in [-0.39, 0.29) is 5.75 Å². The molecule has 0 aliphatic heterocycles. The van der Waals surface area contributed by atoms with E-state index in [1.165, 1.54) is 18.2 Å². The van der Waals surface area contributed by atoms with Gasteiger partial charge in [0, 0.05) is 13.2 Å². The molecule has 0 spiro atoms. The van der Waals surface area contributed by atoms with E-state index in [1.807, 2.05) is 19.9 Å². The second-order valence-electron chi connectivity index (χ2n) is 3.36. The highest BCUT2D eigenvalue weighted by Crippen LogP contribution is 2.16. The van der Waals surface area contributed by atoms with Crippen LogP contribution in [0.1, 0.15) is 25.0 Å². The molecule has 0 aliphatic rings. The zero-order chi connectivity index (χ0) is 13.4. The summed E-state index contributed by atoms with van der Waals surface area (Å²) in [7, 11) is 0. The van der Waals surface area contributed by atoms with Crippen LogP contribution >= 0.6 is 0 Å². The Morgan fingerprint density at radius 2 is 1.94 bits per heavy atom. The number of hydrogen-bond donors (Lipinski definition) is 1. The van der Waals surface area contributed by atoms with Gasteiger partial charge in [-0.2, -0.15) is 5.26 Å². The van der Waals surface area contributed by atoms with E-state index < -0.39 is 6.29 Å². The average Bonchev–Trinajstić information content (AvgIpc) is 2.38. The van der Waals surface area contributed by atoms with E-state index in [0.29, 0.717) is 24.3 Å². The summed E-state index contributed by atoms with van der Waals surface area (Å²) in [5.41, 5.74) is 0.833. The number of ether oxygens (including phenoxy) is 2. The van der Waals surface area contributed by atoms with Gasteiger partial charge >= 0.3 is 0 Å². The third kappa shape index (κ3) is 4.10. The van der Waals surface area contributed by atoms with E-state index in [4.69, 9.17) is 14.7 Å². The second-order valence-corrected chi connectivity index (χ2v) is 3.36. The van der Waals surface area contributed by atoms with Gasteiger partial charge in [0.1, 0.15) is 5.75 Å². The molecule has 0 amide bonds. The van der Waals surface area contributed by atoms with Crippen LogP contribution in [0.15, 0.2) is 18.2 Å². The number of nitriles is 1. The first-order chi connectivity index (χ1) is 8.71. The topological polar surface area (TPSA) is 62.5 Å². The Hall–Kier alpha value is -2.01. The van der Waals surface area contributed by atoms with Gasteiger partial charge in [0.15, 0.2) is 0 Å². The minimum atomic E-state index is -0.620. The molecule has 0 fully saturated rings. The van der Waals surface area contributed by atoms with Crippen molar-refractivity contribution < 1.29 is 14.6 Å². The molecule has 1 N–H and O–H groups in total. The zero-order valence-electron chi connectivity index (χ0n) is 10.4. The summed E-state index contributed by atoms with van der Waals surface area (Å²) < 4.78 is 10.5. The number of phenols is 1. The number of benzene rings is 1. The molecule has 4 nitrogen and oxygen atoms in total. The predicted octanol–water partition coefficient (Wildman–Crippen LogP) is 2.01. The van der Waals surface area contributed by atoms with Crippen molar-refractivity contribution in [2.75, 3.05) is 13.2 Å². The molecule has 1 aromatic rings. The first-order valence-corrected chi connectivity index (χ1v) is 5.69. The molecule has 18 heavy (non-hydrogen) atoms. The first-order valence-electron chi connectivity index (χ1n) is 5.69. The fraction of sp³-hybridized carbons (Fsp3) is 0.357. The molecular weight excluding hydrogens is 230 g/mol. The van der Waals surface area contributed by atoms with Crippen LogP contribution in [0.5, 0.6) is 5.75 Å². The smallest absolute Gasteiger partial charge is 0.222 e. The molecule has 0 saturated heterocycles. The summed E-state index contributed by atoms with van der Waals surface area (Å²) in [6.07, 6.45) is -0.620. The lowest BCUT2D eigenvalue weighted by molar-refractivity contribution is -0.0969. The van der Waals surface area contributed by atoms with Crippen molar-refractivity contribution in [3.63, 3.8) is 0 Å². The highest BCUT2D eigenvalue weighted by Gasteiger charge is 2.03. The molecule has 0 bridgehead atoms. The maximum Gasteiger partial charge on any atom is 0.222 e. The summed E-state index contributed by atoms with van der Waals surface area (Å²) in [6.45, 7) is 4.68. The monoisotopic (exact) mass is 245 g/mol. The molecule has 0 aromatic heterocycles. The van der Waals surface area contributed by atoms with Gasteiger partial charge in [0.05, 0.1) is 17.2 Å². The van der Waals surface area contributed by atoms with Gasteiger partial charge in [0.2, 0.25) is 6.29 Å². The zero-order valence-corrected chi connectivity index (χ0v) is 10.4. The van der Waals surface area contributed by atoms with Crippen molar-refractivity contribution in [1.29, 1.82) is 5.26 Å². The maximum atomic E-state index is 9.61. The van der Waals surface area contributed by atoms with Crippen molar-refractivity contribution in [2.24, 2.45) is 0 Å². The third-order valence-corrected chi connectivity index (χ3v) is 2.09. The molecule has 0 heterocycles. The summed E-state index contributed by atoms with van der Waals surface area (Å²) in [5.74, 6) is 5.56. The Kier molecular flexibility index (Phi) is 5.73. The van der Waals surface area contributed by atoms with Gasteiger partial charge in [-0.05, 0) is 38.0 Å². The van der Waals surface area contributed by atoms with Crippen LogP contribution in [0.3, 0.4) is 0 Å². The van der Waals surface area contributed by atoms with Crippen molar-refractivity contribution in [2.45, 2.75) is 20.1 Å². The lowest BCUT2D eigenvalue weighted by atomic mass is 10.1. The Morgan fingerprint density at radius 1 is 1.28 bits per heavy atom. The van der Waals surface area contributed by atoms with E-state index in [2.05, 4.69) is 11.8 Å². The standard InChI is InChI=1S/C14H15NO3/c1-3-17-14(18-4-2)8-6-12-9-11(10-15)5-7-13(12)16/h5,7,9,14,16H,3-4H2,1-2H3. The molecule has 0 radical (unpaired) electrons. The number of hydrogen-bond acceptors (Lipinski definition) is 4. The van der Waals surface area contributed by atoms with Crippen LogP contribution in [-0.4, -0.2) is 24.6 Å². The van der Waals surface area contributed by atoms with Crippen LogP contribution in [0.4, 0.5) is 0 Å². The van der Waals surface area contributed by atoms with E-state index in [0.717, 1.165) is 0 Å². The van der Waals surface area contributed by atoms with Gasteiger partial charge < -0.3 is 14.6 Å². The van der Waals surface area contributed by atoms with Crippen molar-refractivity contribution in [3.8, 4) is 23.7 Å². The normalized spacial score (nSPS) is 9.67. The summed E-state index contributed by atoms with van der Waals surface area (Å²) in [5, 5.41) is 18.4. The largest absolute Gasteiger partial charge is 0.507 e. The van der Waals surface area contributed by atoms with Crippen molar-refractivity contribution in [1.82, 2.24) is 0 Å². The summed E-state index contributed by atoms with van der Waals surface area (Å²) in [4.78, 5) is 0. The van der Waals surface area contributed by atoms with E-state index in [9.17, 15) is 5.11 Å². The van der Waals surface area contributed by atoms with Crippen molar-refractivity contribution in [3.05, 3.63) is 29.3 Å². The number of aromatic hydroxyl groups is 1. The van der Waals surface area contributed by atoms with Crippen LogP contribution in [-0.2, 0) is 9.47 Å². The highest BCUT2D eigenvalue weighted by atomic mass is 16.7. The predicted molar refractivity (Wildman–Crippen MR) is 66.7 cm³/mol. The van der Waals surface area contributed by atoms with Crippen molar-refractivity contribution >= 4 is 0 Å². The number of nitrogens with zero attached hydrogens (tertiary/aromatic N) is 1. The third-order valence-electron chi connectivity index (χ3n) is 2.09. The minimum absolute atomic E-state index is 0.0354. The molecule has 94 valence electrons. The molecule has 1 rings (SSSR count).